The summed E-state index contributed by atoms with van der Waals surface area (Å²) < 4.78 is 7.05. The number of hydrogen-bond donors (Lipinski definition) is 2. The van der Waals surface area contributed by atoms with Crippen LogP contribution < -0.4 is 5.32 Å². The predicted molar refractivity (Wildman–Crippen MR) is 79.8 cm³/mol. The van der Waals surface area contributed by atoms with Crippen molar-refractivity contribution in [3.63, 3.8) is 0 Å². The third kappa shape index (κ3) is 3.73. The number of benzene rings is 1. The van der Waals surface area contributed by atoms with Crippen LogP contribution in [0.15, 0.2) is 39.0 Å². The second kappa shape index (κ2) is 5.96. The molecule has 0 spiro atoms. The summed E-state index contributed by atoms with van der Waals surface area (Å²) in [6.45, 7) is 1.58. The lowest BCUT2D eigenvalue weighted by atomic mass is 10.0. The first-order valence-electron chi connectivity index (χ1n) is 5.74. The highest BCUT2D eigenvalue weighted by Gasteiger charge is 2.33. The zero-order valence-corrected chi connectivity index (χ0v) is 13.4. The summed E-state index contributed by atoms with van der Waals surface area (Å²) in [6.07, 6.45) is 1.44. The van der Waals surface area contributed by atoms with E-state index in [1.165, 1.54) is 0 Å². The maximum Gasteiger partial charge on any atom is 0.308 e. The molecule has 1 aliphatic rings. The number of anilines is 1. The summed E-state index contributed by atoms with van der Waals surface area (Å²) in [6, 6.07) is 5.68. The SMILES string of the molecule is CC(O)=CC1CC(=O)OC1Nc1ccc(Br)cc1Br. The van der Waals surface area contributed by atoms with E-state index in [4.69, 9.17) is 4.74 Å². The number of ether oxygens (including phenoxy) is 1. The molecular formula is C13H13Br2NO3. The zero-order chi connectivity index (χ0) is 14.0. The van der Waals surface area contributed by atoms with Gasteiger partial charge in [-0.1, -0.05) is 15.9 Å². The number of carbonyl (C=O) groups is 1. The van der Waals surface area contributed by atoms with Crippen LogP contribution in [0.5, 0.6) is 0 Å². The van der Waals surface area contributed by atoms with Crippen LogP contribution in [0.3, 0.4) is 0 Å². The fourth-order valence-corrected chi connectivity index (χ4v) is 3.09. The van der Waals surface area contributed by atoms with Gasteiger partial charge >= 0.3 is 5.97 Å². The van der Waals surface area contributed by atoms with Gasteiger partial charge in [0.25, 0.3) is 0 Å². The first-order valence-corrected chi connectivity index (χ1v) is 7.33. The Hall–Kier alpha value is -1.01. The Morgan fingerprint density at radius 3 is 2.89 bits per heavy atom. The highest BCUT2D eigenvalue weighted by atomic mass is 79.9. The summed E-state index contributed by atoms with van der Waals surface area (Å²) in [4.78, 5) is 11.4. The van der Waals surface area contributed by atoms with Crippen molar-refractivity contribution >= 4 is 43.5 Å². The van der Waals surface area contributed by atoms with Crippen molar-refractivity contribution in [1.29, 1.82) is 0 Å². The molecule has 19 heavy (non-hydrogen) atoms. The topological polar surface area (TPSA) is 58.6 Å². The van der Waals surface area contributed by atoms with Gasteiger partial charge in [0.1, 0.15) is 0 Å². The van der Waals surface area contributed by atoms with E-state index in [2.05, 4.69) is 37.2 Å². The maximum atomic E-state index is 11.4. The summed E-state index contributed by atoms with van der Waals surface area (Å²) >= 11 is 6.82. The van der Waals surface area contributed by atoms with Crippen molar-refractivity contribution in [2.45, 2.75) is 19.6 Å². The number of aliphatic hydroxyl groups excluding tert-OH is 1. The van der Waals surface area contributed by atoms with Gasteiger partial charge in [0, 0.05) is 14.9 Å². The molecule has 4 nitrogen and oxygen atoms in total. The summed E-state index contributed by atoms with van der Waals surface area (Å²) in [5.74, 6) is -0.258. The van der Waals surface area contributed by atoms with Crippen LogP contribution in [0.25, 0.3) is 0 Å². The third-order valence-electron chi connectivity index (χ3n) is 2.73. The lowest BCUT2D eigenvalue weighted by Gasteiger charge is -2.18. The predicted octanol–water partition coefficient (Wildman–Crippen LogP) is 3.97. The number of rotatable bonds is 3. The van der Waals surface area contributed by atoms with Gasteiger partial charge in [-0.3, -0.25) is 4.79 Å². The van der Waals surface area contributed by atoms with E-state index in [1.807, 2.05) is 18.2 Å². The summed E-state index contributed by atoms with van der Waals surface area (Å²) in [5.41, 5.74) is 0.830. The van der Waals surface area contributed by atoms with Crippen molar-refractivity contribution in [1.82, 2.24) is 0 Å². The molecule has 2 unspecified atom stereocenters. The van der Waals surface area contributed by atoms with E-state index in [-0.39, 0.29) is 24.1 Å². The van der Waals surface area contributed by atoms with Crippen molar-refractivity contribution in [2.24, 2.45) is 5.92 Å². The highest BCUT2D eigenvalue weighted by Crippen LogP contribution is 2.31. The van der Waals surface area contributed by atoms with Gasteiger partial charge < -0.3 is 15.2 Å². The number of esters is 1. The number of allylic oxidation sites excluding steroid dienone is 1. The molecule has 0 bridgehead atoms. The van der Waals surface area contributed by atoms with E-state index < -0.39 is 6.23 Å². The maximum absolute atomic E-state index is 11.4. The third-order valence-corrected chi connectivity index (χ3v) is 3.88. The minimum absolute atomic E-state index is 0.173. The number of aliphatic hydroxyl groups is 1. The first-order chi connectivity index (χ1) is 8.95. The van der Waals surface area contributed by atoms with Crippen LogP contribution in [-0.2, 0) is 9.53 Å². The number of carbonyl (C=O) groups excluding carboxylic acids is 1. The van der Waals surface area contributed by atoms with Crippen LogP contribution in [-0.4, -0.2) is 17.3 Å². The molecule has 0 saturated carbocycles. The Labute approximate surface area is 128 Å². The molecule has 0 aromatic heterocycles. The van der Waals surface area contributed by atoms with Gasteiger partial charge in [0.15, 0.2) is 6.23 Å². The van der Waals surface area contributed by atoms with E-state index >= 15 is 0 Å². The van der Waals surface area contributed by atoms with Crippen LogP contribution in [0.1, 0.15) is 13.3 Å². The van der Waals surface area contributed by atoms with Crippen molar-refractivity contribution < 1.29 is 14.6 Å². The Morgan fingerprint density at radius 1 is 1.53 bits per heavy atom. The normalized spacial score (nSPS) is 23.3. The van der Waals surface area contributed by atoms with Crippen LogP contribution in [0.4, 0.5) is 5.69 Å². The minimum Gasteiger partial charge on any atom is -0.513 e. The monoisotopic (exact) mass is 389 g/mol. The van der Waals surface area contributed by atoms with Crippen molar-refractivity contribution in [3.8, 4) is 0 Å². The zero-order valence-electron chi connectivity index (χ0n) is 10.2. The van der Waals surface area contributed by atoms with Crippen LogP contribution >= 0.6 is 31.9 Å². The first kappa shape index (κ1) is 14.4. The average Bonchev–Trinajstić information content (AvgIpc) is 2.62. The van der Waals surface area contributed by atoms with Crippen molar-refractivity contribution in [2.75, 3.05) is 5.32 Å². The molecule has 1 aromatic rings. The molecule has 1 aromatic carbocycles. The quantitative estimate of drug-likeness (QED) is 0.605. The van der Waals surface area contributed by atoms with Gasteiger partial charge in [-0.25, -0.2) is 0 Å². The Bertz CT molecular complexity index is 527. The molecule has 0 amide bonds. The lowest BCUT2D eigenvalue weighted by molar-refractivity contribution is -0.140. The number of halogens is 2. The number of nitrogens with one attached hydrogen (secondary N) is 1. The molecule has 1 heterocycles. The van der Waals surface area contributed by atoms with Gasteiger partial charge in [-0.05, 0) is 47.1 Å². The van der Waals surface area contributed by atoms with Crippen LogP contribution in [0.2, 0.25) is 0 Å². The molecule has 0 radical (unpaired) electrons. The molecule has 102 valence electrons. The molecule has 6 heteroatoms. The fourth-order valence-electron chi connectivity index (χ4n) is 1.93. The van der Waals surface area contributed by atoms with Crippen LogP contribution in [0, 0.1) is 5.92 Å². The molecule has 1 saturated heterocycles. The smallest absolute Gasteiger partial charge is 0.308 e. The lowest BCUT2D eigenvalue weighted by Crippen LogP contribution is -2.25. The fraction of sp³-hybridized carbons (Fsp3) is 0.308. The standard InChI is InChI=1S/C13H13Br2NO3/c1-7(17)4-8-5-12(18)19-13(8)16-11-3-2-9(14)6-10(11)15/h2-4,6,8,13,16-17H,5H2,1H3. The van der Waals surface area contributed by atoms with Gasteiger partial charge in [0.05, 0.1) is 17.9 Å². The summed E-state index contributed by atoms with van der Waals surface area (Å²) in [7, 11) is 0. The number of cyclic esters (lactones) is 1. The second-order valence-electron chi connectivity index (χ2n) is 4.35. The van der Waals surface area contributed by atoms with E-state index in [9.17, 15) is 9.90 Å². The van der Waals surface area contributed by atoms with Gasteiger partial charge in [-0.2, -0.15) is 0 Å². The Morgan fingerprint density at radius 2 is 2.26 bits per heavy atom. The van der Waals surface area contributed by atoms with Gasteiger partial charge in [0.2, 0.25) is 0 Å². The molecule has 1 fully saturated rings. The van der Waals surface area contributed by atoms with E-state index in [1.54, 1.807) is 13.0 Å². The molecule has 2 N–H and O–H groups in total. The van der Waals surface area contributed by atoms with E-state index in [0.717, 1.165) is 14.6 Å². The van der Waals surface area contributed by atoms with E-state index in [0.29, 0.717) is 0 Å². The van der Waals surface area contributed by atoms with Gasteiger partial charge in [-0.15, -0.1) is 0 Å². The summed E-state index contributed by atoms with van der Waals surface area (Å²) in [5, 5.41) is 12.5. The molecule has 2 atom stereocenters. The molecule has 0 aliphatic carbocycles. The molecule has 2 rings (SSSR count). The average molecular weight is 391 g/mol. The van der Waals surface area contributed by atoms with Crippen molar-refractivity contribution in [3.05, 3.63) is 39.0 Å². The molecular weight excluding hydrogens is 378 g/mol. The Balaban J connectivity index is 2.16. The minimum atomic E-state index is -0.466. The largest absolute Gasteiger partial charge is 0.513 e. The Kier molecular flexibility index (Phi) is 4.52. The second-order valence-corrected chi connectivity index (χ2v) is 6.13. The number of hydrogen-bond acceptors (Lipinski definition) is 4. The highest BCUT2D eigenvalue weighted by molar-refractivity contribution is 9.11. The molecule has 1 aliphatic heterocycles.